The van der Waals surface area contributed by atoms with Crippen LogP contribution in [0.3, 0.4) is 0 Å². The van der Waals surface area contributed by atoms with Gasteiger partial charge in [0.2, 0.25) is 5.95 Å². The number of hydrogen-bond acceptors (Lipinski definition) is 4. The quantitative estimate of drug-likeness (QED) is 0.714. The van der Waals surface area contributed by atoms with Gasteiger partial charge in [0.25, 0.3) is 5.91 Å². The minimum atomic E-state index is -4.56. The average Bonchev–Trinajstić information content (AvgIpc) is 2.73. The molecule has 1 aliphatic heterocycles. The summed E-state index contributed by atoms with van der Waals surface area (Å²) < 4.78 is 39.3. The third-order valence-electron chi connectivity index (χ3n) is 4.79. The Balaban J connectivity index is 1.48. The number of carbonyl (C=O) groups is 1. The Morgan fingerprint density at radius 2 is 1.62 bits per heavy atom. The van der Waals surface area contributed by atoms with Crippen molar-refractivity contribution in [3.05, 3.63) is 83.2 Å². The smallest absolute Gasteiger partial charge is 0.336 e. The predicted molar refractivity (Wildman–Crippen MR) is 103 cm³/mol. The number of halogens is 3. The van der Waals surface area contributed by atoms with Gasteiger partial charge in [-0.25, -0.2) is 9.97 Å². The van der Waals surface area contributed by atoms with E-state index < -0.39 is 17.6 Å². The number of hydrogen-bond donors (Lipinski definition) is 1. The van der Waals surface area contributed by atoms with E-state index in [4.69, 9.17) is 0 Å². The molecule has 0 atom stereocenters. The molecule has 148 valence electrons. The number of para-hydroxylation sites is 1. The zero-order valence-electron chi connectivity index (χ0n) is 15.3. The van der Waals surface area contributed by atoms with Crippen molar-refractivity contribution < 1.29 is 18.0 Å². The summed E-state index contributed by atoms with van der Waals surface area (Å²) in [7, 11) is 0. The first kappa shape index (κ1) is 18.9. The molecule has 0 spiro atoms. The minimum absolute atomic E-state index is 0.0862. The fourth-order valence-corrected chi connectivity index (χ4v) is 3.30. The highest BCUT2D eigenvalue weighted by Crippen LogP contribution is 2.34. The normalized spacial score (nSPS) is 13.7. The zero-order valence-corrected chi connectivity index (χ0v) is 15.3. The van der Waals surface area contributed by atoms with Gasteiger partial charge in [-0.05, 0) is 29.7 Å². The van der Waals surface area contributed by atoms with Crippen molar-refractivity contribution in [2.24, 2.45) is 0 Å². The zero-order chi connectivity index (χ0) is 20.4. The molecule has 2 heterocycles. The number of benzene rings is 2. The molecule has 0 unspecified atom stereocenters. The lowest BCUT2D eigenvalue weighted by Crippen LogP contribution is -2.31. The maximum atomic E-state index is 13.1. The van der Waals surface area contributed by atoms with Gasteiger partial charge in [0.05, 0.1) is 16.8 Å². The fourth-order valence-electron chi connectivity index (χ4n) is 3.30. The van der Waals surface area contributed by atoms with Crippen molar-refractivity contribution in [1.29, 1.82) is 0 Å². The Bertz CT molecular complexity index is 1030. The molecule has 8 heteroatoms. The van der Waals surface area contributed by atoms with Crippen LogP contribution in [-0.2, 0) is 19.1 Å². The molecule has 2 aromatic carbocycles. The topological polar surface area (TPSA) is 58.1 Å². The molecule has 1 aliphatic rings. The second kappa shape index (κ2) is 7.54. The van der Waals surface area contributed by atoms with E-state index in [0.717, 1.165) is 19.0 Å². The molecule has 1 N–H and O–H groups in total. The van der Waals surface area contributed by atoms with Crippen LogP contribution in [0.5, 0.6) is 0 Å². The van der Waals surface area contributed by atoms with Crippen LogP contribution in [-0.4, -0.2) is 22.4 Å². The summed E-state index contributed by atoms with van der Waals surface area (Å²) in [5, 5.41) is 2.29. The van der Waals surface area contributed by atoms with E-state index in [1.807, 2.05) is 17.0 Å². The van der Waals surface area contributed by atoms with Crippen LogP contribution < -0.4 is 10.2 Å². The van der Waals surface area contributed by atoms with Gasteiger partial charge in [0.1, 0.15) is 0 Å². The summed E-state index contributed by atoms with van der Waals surface area (Å²) in [6, 6.07) is 13.0. The summed E-state index contributed by atoms with van der Waals surface area (Å²) in [6.45, 7) is 1.42. The van der Waals surface area contributed by atoms with Gasteiger partial charge in [-0.3, -0.25) is 4.79 Å². The molecule has 0 saturated heterocycles. The summed E-state index contributed by atoms with van der Waals surface area (Å²) in [5.41, 5.74) is 1.37. The Morgan fingerprint density at radius 3 is 2.34 bits per heavy atom. The van der Waals surface area contributed by atoms with Crippen LogP contribution in [0.2, 0.25) is 0 Å². The highest BCUT2D eigenvalue weighted by Gasteiger charge is 2.33. The molecule has 1 amide bonds. The molecule has 29 heavy (non-hydrogen) atoms. The Kier molecular flexibility index (Phi) is 4.92. The lowest BCUT2D eigenvalue weighted by Gasteiger charge is -2.28. The van der Waals surface area contributed by atoms with E-state index in [0.29, 0.717) is 12.5 Å². The first-order valence-electron chi connectivity index (χ1n) is 9.03. The number of aromatic nitrogens is 2. The van der Waals surface area contributed by atoms with Gasteiger partial charge in [0.15, 0.2) is 0 Å². The van der Waals surface area contributed by atoms with Gasteiger partial charge in [-0.1, -0.05) is 36.4 Å². The second-order valence-corrected chi connectivity index (χ2v) is 6.71. The Hall–Kier alpha value is -3.42. The van der Waals surface area contributed by atoms with E-state index >= 15 is 0 Å². The number of alkyl halides is 3. The third kappa shape index (κ3) is 4.06. The fraction of sp³-hybridized carbons (Fsp3) is 0.190. The van der Waals surface area contributed by atoms with Crippen molar-refractivity contribution in [3.63, 3.8) is 0 Å². The summed E-state index contributed by atoms with van der Waals surface area (Å²) in [5.74, 6) is -0.219. The van der Waals surface area contributed by atoms with Crippen LogP contribution in [0.25, 0.3) is 0 Å². The maximum absolute atomic E-state index is 13.1. The molecule has 4 rings (SSSR count). The Labute approximate surface area is 165 Å². The number of nitrogens with one attached hydrogen (secondary N) is 1. The summed E-state index contributed by atoms with van der Waals surface area (Å²) in [4.78, 5) is 22.9. The van der Waals surface area contributed by atoms with E-state index in [-0.39, 0.29) is 11.3 Å². The highest BCUT2D eigenvalue weighted by atomic mass is 19.4. The van der Waals surface area contributed by atoms with E-state index in [1.54, 1.807) is 0 Å². The molecule has 3 aromatic rings. The summed E-state index contributed by atoms with van der Waals surface area (Å²) in [6.07, 6.45) is -1.03. The molecule has 5 nitrogen and oxygen atoms in total. The lowest BCUT2D eigenvalue weighted by molar-refractivity contribution is -0.136. The van der Waals surface area contributed by atoms with Crippen molar-refractivity contribution in [2.75, 3.05) is 16.8 Å². The van der Waals surface area contributed by atoms with Crippen LogP contribution in [0.1, 0.15) is 27.0 Å². The SMILES string of the molecule is O=C(Nc1ccccc1C(F)(F)F)c1cnc(N2CCc3ccccc3C2)nc1. The van der Waals surface area contributed by atoms with Crippen molar-refractivity contribution in [2.45, 2.75) is 19.1 Å². The van der Waals surface area contributed by atoms with E-state index in [2.05, 4.69) is 27.4 Å². The van der Waals surface area contributed by atoms with Gasteiger partial charge in [0, 0.05) is 25.5 Å². The standard InChI is InChI=1S/C21H17F3N4O/c22-21(23,24)17-7-3-4-8-18(17)27-19(29)16-11-25-20(26-12-16)28-10-9-14-5-1-2-6-15(14)13-28/h1-8,11-12H,9-10,13H2,(H,27,29). The number of fused-ring (bicyclic) bond motifs is 1. The van der Waals surface area contributed by atoms with Gasteiger partial charge in [-0.2, -0.15) is 13.2 Å². The second-order valence-electron chi connectivity index (χ2n) is 6.71. The highest BCUT2D eigenvalue weighted by molar-refractivity contribution is 6.04. The molecule has 0 aliphatic carbocycles. The first-order valence-corrected chi connectivity index (χ1v) is 9.03. The maximum Gasteiger partial charge on any atom is 0.418 e. The minimum Gasteiger partial charge on any atom is -0.336 e. The number of anilines is 2. The van der Waals surface area contributed by atoms with Gasteiger partial charge < -0.3 is 10.2 Å². The molecule has 0 radical (unpaired) electrons. The first-order chi connectivity index (χ1) is 13.9. The molecule has 0 bridgehead atoms. The van der Waals surface area contributed by atoms with Crippen molar-refractivity contribution in [3.8, 4) is 0 Å². The lowest BCUT2D eigenvalue weighted by atomic mass is 10.0. The van der Waals surface area contributed by atoms with Crippen LogP contribution in [0.4, 0.5) is 24.8 Å². The number of amides is 1. The van der Waals surface area contributed by atoms with Crippen molar-refractivity contribution >= 4 is 17.5 Å². The number of carbonyl (C=O) groups excluding carboxylic acids is 1. The Morgan fingerprint density at radius 1 is 0.966 bits per heavy atom. The largest absolute Gasteiger partial charge is 0.418 e. The van der Waals surface area contributed by atoms with Crippen LogP contribution >= 0.6 is 0 Å². The molecule has 0 saturated carbocycles. The summed E-state index contributed by atoms with van der Waals surface area (Å²) >= 11 is 0. The third-order valence-corrected chi connectivity index (χ3v) is 4.79. The average molecular weight is 398 g/mol. The molecular formula is C21H17F3N4O. The van der Waals surface area contributed by atoms with Crippen LogP contribution in [0.15, 0.2) is 60.9 Å². The molecular weight excluding hydrogens is 381 g/mol. The number of rotatable bonds is 3. The van der Waals surface area contributed by atoms with Gasteiger partial charge in [-0.15, -0.1) is 0 Å². The number of nitrogens with zero attached hydrogens (tertiary/aromatic N) is 3. The van der Waals surface area contributed by atoms with Crippen LogP contribution in [0, 0.1) is 0 Å². The molecule has 0 fully saturated rings. The van der Waals surface area contributed by atoms with Crippen molar-refractivity contribution in [1.82, 2.24) is 9.97 Å². The molecule has 1 aromatic heterocycles. The van der Waals surface area contributed by atoms with Gasteiger partial charge >= 0.3 is 6.18 Å². The van der Waals surface area contributed by atoms with E-state index in [1.165, 1.54) is 41.7 Å². The monoisotopic (exact) mass is 398 g/mol. The van der Waals surface area contributed by atoms with E-state index in [9.17, 15) is 18.0 Å². The predicted octanol–water partition coefficient (Wildman–Crippen LogP) is 4.31.